The summed E-state index contributed by atoms with van der Waals surface area (Å²) in [5.41, 5.74) is 5.89. The predicted molar refractivity (Wildman–Crippen MR) is 124 cm³/mol. The lowest BCUT2D eigenvalue weighted by molar-refractivity contribution is -0.192. The quantitative estimate of drug-likeness (QED) is 0.0757. The van der Waals surface area contributed by atoms with Gasteiger partial charge in [-0.1, -0.05) is 6.92 Å². The van der Waals surface area contributed by atoms with E-state index >= 15 is 0 Å². The lowest BCUT2D eigenvalue weighted by Crippen LogP contribution is -2.47. The highest BCUT2D eigenvalue weighted by molar-refractivity contribution is 7.85. The molecule has 1 unspecified atom stereocenters. The molecule has 0 fully saturated rings. The summed E-state index contributed by atoms with van der Waals surface area (Å²) in [4.78, 5) is 44.4. The number of carbonyl (C=O) groups is 4. The standard InChI is InChI=1S/C19H21N3O9S.C2HF3O2/c1-10(17(23)22-15(18(24)25)9-32(27,28)29)6-14-7-12(8-30-14)19(26)31-13-4-2-11(3-5-13)16(20)21;3-2(4,5)1(6)7/h2-5,7-8,10,15H,6,9H2,1H3,(H3,20,21)(H,22,23)(H,24,25)(H,27,28,29);(H,6,7)/t10?,15-;/m0./s1. The number of nitrogen functional groups attached to an aromatic ring is 1. The molecule has 1 aromatic heterocycles. The fraction of sp³-hybridized carbons (Fsp3) is 0.286. The first-order valence-electron chi connectivity index (χ1n) is 10.3. The van der Waals surface area contributed by atoms with E-state index in [1.165, 1.54) is 37.3 Å². The van der Waals surface area contributed by atoms with Crippen molar-refractivity contribution in [1.29, 1.82) is 5.41 Å². The van der Waals surface area contributed by atoms with Gasteiger partial charge in [0.05, 0.1) is 5.56 Å². The van der Waals surface area contributed by atoms with Gasteiger partial charge in [-0.2, -0.15) is 21.6 Å². The van der Waals surface area contributed by atoms with Crippen LogP contribution in [0.5, 0.6) is 5.75 Å². The Morgan fingerprint density at radius 3 is 2.10 bits per heavy atom. The fourth-order valence-corrected chi connectivity index (χ4v) is 3.20. The number of amides is 1. The molecule has 2 aromatic rings. The van der Waals surface area contributed by atoms with Crippen molar-refractivity contribution in [1.82, 2.24) is 5.32 Å². The Morgan fingerprint density at radius 2 is 1.67 bits per heavy atom. The molecule has 0 bridgehead atoms. The van der Waals surface area contributed by atoms with Crippen LogP contribution >= 0.6 is 0 Å². The highest BCUT2D eigenvalue weighted by Crippen LogP contribution is 2.18. The van der Waals surface area contributed by atoms with Crippen LogP contribution in [0.1, 0.15) is 28.6 Å². The zero-order chi connectivity index (χ0) is 30.1. The van der Waals surface area contributed by atoms with E-state index in [-0.39, 0.29) is 29.3 Å². The third kappa shape index (κ3) is 11.6. The van der Waals surface area contributed by atoms with Gasteiger partial charge in [0, 0.05) is 17.9 Å². The maximum absolute atomic E-state index is 12.2. The number of furan rings is 1. The number of rotatable bonds is 10. The molecule has 0 saturated carbocycles. The van der Waals surface area contributed by atoms with E-state index in [4.69, 9.17) is 39.9 Å². The third-order valence-electron chi connectivity index (χ3n) is 4.45. The van der Waals surface area contributed by atoms with Crippen LogP contribution < -0.4 is 15.8 Å². The average Bonchev–Trinajstić information content (AvgIpc) is 3.26. The maximum atomic E-state index is 12.2. The number of esters is 1. The van der Waals surface area contributed by atoms with E-state index in [2.05, 4.69) is 0 Å². The summed E-state index contributed by atoms with van der Waals surface area (Å²) < 4.78 is 72.8. The molecule has 14 nitrogen and oxygen atoms in total. The number of amidine groups is 1. The monoisotopic (exact) mass is 581 g/mol. The number of carboxylic acids is 2. The molecule has 0 aliphatic carbocycles. The summed E-state index contributed by atoms with van der Waals surface area (Å²) >= 11 is 0. The summed E-state index contributed by atoms with van der Waals surface area (Å²) in [6.07, 6.45) is -3.98. The second kappa shape index (κ2) is 13.4. The van der Waals surface area contributed by atoms with Crippen molar-refractivity contribution in [3.05, 3.63) is 53.5 Å². The SMILES string of the molecule is CC(Cc1cc(C(=O)Oc2ccc(C(=N)N)cc2)co1)C(=O)N[C@@H](CS(=O)(=O)O)C(=O)O.O=C(O)C(F)(F)F. The topological polar surface area (TPSA) is 247 Å². The molecular formula is C21H22F3N3O11S. The number of carboxylic acid groups (broad SMARTS) is 2. The fourth-order valence-electron chi connectivity index (χ4n) is 2.56. The van der Waals surface area contributed by atoms with Crippen LogP contribution in [0.3, 0.4) is 0 Å². The number of alkyl halides is 3. The molecule has 18 heteroatoms. The number of halogens is 3. The second-order valence-corrected chi connectivity index (χ2v) is 9.18. The molecule has 39 heavy (non-hydrogen) atoms. The van der Waals surface area contributed by atoms with E-state index in [1.807, 2.05) is 5.32 Å². The van der Waals surface area contributed by atoms with Crippen LogP contribution in [0.2, 0.25) is 0 Å². The van der Waals surface area contributed by atoms with Gasteiger partial charge in [0.15, 0.2) is 0 Å². The Kier molecular flexibility index (Phi) is 11.2. The van der Waals surface area contributed by atoms with Crippen LogP contribution in [-0.4, -0.2) is 70.8 Å². The van der Waals surface area contributed by atoms with Crippen molar-refractivity contribution >= 4 is 39.8 Å². The average molecular weight is 581 g/mol. The molecule has 0 aliphatic rings. The van der Waals surface area contributed by atoms with Gasteiger partial charge in [0.25, 0.3) is 10.1 Å². The molecule has 2 atom stereocenters. The van der Waals surface area contributed by atoms with Crippen LogP contribution in [-0.2, 0) is 30.9 Å². The van der Waals surface area contributed by atoms with E-state index < -0.39 is 57.8 Å². The number of nitrogens with one attached hydrogen (secondary N) is 2. The normalized spacial score (nSPS) is 12.7. The van der Waals surface area contributed by atoms with Gasteiger partial charge in [0.1, 0.15) is 35.4 Å². The van der Waals surface area contributed by atoms with Crippen molar-refractivity contribution < 1.29 is 64.7 Å². The molecule has 0 radical (unpaired) electrons. The van der Waals surface area contributed by atoms with Crippen molar-refractivity contribution in [3.8, 4) is 5.75 Å². The lowest BCUT2D eigenvalue weighted by atomic mass is 10.0. The van der Waals surface area contributed by atoms with Crippen molar-refractivity contribution in [2.24, 2.45) is 11.7 Å². The number of nitrogens with two attached hydrogens (primary N) is 1. The first-order chi connectivity index (χ1) is 17.8. The number of hydrogen-bond acceptors (Lipinski definition) is 9. The van der Waals surface area contributed by atoms with Gasteiger partial charge >= 0.3 is 24.1 Å². The molecule has 2 rings (SSSR count). The minimum Gasteiger partial charge on any atom is -0.480 e. The number of aliphatic carboxylic acids is 2. The summed E-state index contributed by atoms with van der Waals surface area (Å²) in [5.74, 6) is -7.60. The third-order valence-corrected chi connectivity index (χ3v) is 5.21. The zero-order valence-electron chi connectivity index (χ0n) is 19.8. The smallest absolute Gasteiger partial charge is 0.480 e. The van der Waals surface area contributed by atoms with E-state index in [0.29, 0.717) is 5.56 Å². The van der Waals surface area contributed by atoms with Crippen molar-refractivity contribution in [2.45, 2.75) is 25.6 Å². The molecule has 0 spiro atoms. The van der Waals surface area contributed by atoms with E-state index in [1.54, 1.807) is 0 Å². The van der Waals surface area contributed by atoms with E-state index in [0.717, 1.165) is 6.26 Å². The van der Waals surface area contributed by atoms with Gasteiger partial charge in [-0.05, 0) is 30.3 Å². The highest BCUT2D eigenvalue weighted by Gasteiger charge is 2.38. The highest BCUT2D eigenvalue weighted by atomic mass is 32.2. The number of hydrogen-bond donors (Lipinski definition) is 6. The Bertz CT molecular complexity index is 1320. The summed E-state index contributed by atoms with van der Waals surface area (Å²) in [7, 11) is -4.62. The largest absolute Gasteiger partial charge is 0.490 e. The number of carbonyl (C=O) groups excluding carboxylic acids is 2. The van der Waals surface area contributed by atoms with Crippen LogP contribution in [0.25, 0.3) is 0 Å². The first-order valence-corrected chi connectivity index (χ1v) is 11.9. The summed E-state index contributed by atoms with van der Waals surface area (Å²) in [6, 6.07) is 5.48. The van der Waals surface area contributed by atoms with Crippen LogP contribution in [0.15, 0.2) is 41.0 Å². The molecular weight excluding hydrogens is 559 g/mol. The number of ether oxygens (including phenoxy) is 1. The maximum Gasteiger partial charge on any atom is 0.490 e. The molecule has 214 valence electrons. The second-order valence-electron chi connectivity index (χ2n) is 7.69. The van der Waals surface area contributed by atoms with Gasteiger partial charge < -0.3 is 30.4 Å². The zero-order valence-corrected chi connectivity index (χ0v) is 20.6. The molecule has 7 N–H and O–H groups in total. The Balaban J connectivity index is 0.000000956. The summed E-state index contributed by atoms with van der Waals surface area (Å²) in [5, 5.41) is 25.5. The Hall–Kier alpha value is -4.45. The molecule has 1 aromatic carbocycles. The van der Waals surface area contributed by atoms with Gasteiger partial charge in [-0.3, -0.25) is 14.8 Å². The molecule has 1 heterocycles. The van der Waals surface area contributed by atoms with Crippen LogP contribution in [0.4, 0.5) is 13.2 Å². The van der Waals surface area contributed by atoms with E-state index in [9.17, 15) is 36.0 Å². The minimum absolute atomic E-state index is 0.0232. The predicted octanol–water partition coefficient (Wildman–Crippen LogP) is 1.05. The van der Waals surface area contributed by atoms with Crippen molar-refractivity contribution in [3.63, 3.8) is 0 Å². The first kappa shape index (κ1) is 32.6. The van der Waals surface area contributed by atoms with Crippen molar-refractivity contribution in [2.75, 3.05) is 5.75 Å². The van der Waals surface area contributed by atoms with Gasteiger partial charge in [-0.15, -0.1) is 0 Å². The number of benzene rings is 1. The summed E-state index contributed by atoms with van der Waals surface area (Å²) in [6.45, 7) is 1.44. The van der Waals surface area contributed by atoms with Gasteiger partial charge in [0.2, 0.25) is 5.91 Å². The Morgan fingerprint density at radius 1 is 1.13 bits per heavy atom. The van der Waals surface area contributed by atoms with Crippen LogP contribution in [0, 0.1) is 11.3 Å². The lowest BCUT2D eigenvalue weighted by Gasteiger charge is -2.16. The Labute approximate surface area is 217 Å². The molecule has 1 amide bonds. The minimum atomic E-state index is -5.08. The van der Waals surface area contributed by atoms with Gasteiger partial charge in [-0.25, -0.2) is 14.4 Å². The molecule has 0 aliphatic heterocycles. The molecule has 0 saturated heterocycles.